The number of hydrogen-bond donors (Lipinski definition) is 4. The van der Waals surface area contributed by atoms with Gasteiger partial charge in [0.2, 0.25) is 0 Å². The van der Waals surface area contributed by atoms with Gasteiger partial charge in [0.15, 0.2) is 12.0 Å². The van der Waals surface area contributed by atoms with Crippen molar-refractivity contribution in [2.45, 2.75) is 30.6 Å². The molecule has 5 atom stereocenters. The predicted molar refractivity (Wildman–Crippen MR) is 100 cm³/mol. The number of nitrogens with one attached hydrogen (secondary N) is 1. The zero-order chi connectivity index (χ0) is 19.8. The summed E-state index contributed by atoms with van der Waals surface area (Å²) in [5.41, 5.74) is 3.66. The van der Waals surface area contributed by atoms with Crippen LogP contribution in [0.5, 0.6) is 0 Å². The first-order valence-electron chi connectivity index (χ1n) is 8.57. The minimum atomic E-state index is -1.30. The summed E-state index contributed by atoms with van der Waals surface area (Å²) in [6, 6.07) is 8.29. The van der Waals surface area contributed by atoms with E-state index in [9.17, 15) is 15.3 Å². The Labute approximate surface area is 165 Å². The molecule has 3 heterocycles. The van der Waals surface area contributed by atoms with Gasteiger partial charge in [-0.3, -0.25) is 4.84 Å². The largest absolute Gasteiger partial charge is 0.387 e. The minimum Gasteiger partial charge on any atom is -0.387 e. The number of hydrogen-bond acceptors (Lipinski definition) is 8. The molecule has 1 aromatic carbocycles. The highest BCUT2D eigenvalue weighted by Gasteiger charge is 2.47. The van der Waals surface area contributed by atoms with Crippen molar-refractivity contribution in [2.24, 2.45) is 0 Å². The van der Waals surface area contributed by atoms with E-state index in [4.69, 9.17) is 21.2 Å². The SMILES string of the molecule is CONc1ncnc2c1ccn2[C@@H]1O[C@H]([C@H](O)c2ccc(Cl)cc2)[C@@H](O)[C@H]1O. The predicted octanol–water partition coefficient (Wildman–Crippen LogP) is 1.41. The smallest absolute Gasteiger partial charge is 0.164 e. The summed E-state index contributed by atoms with van der Waals surface area (Å²) < 4.78 is 7.44. The van der Waals surface area contributed by atoms with E-state index in [1.165, 1.54) is 13.4 Å². The first-order chi connectivity index (χ1) is 13.5. The van der Waals surface area contributed by atoms with Crippen molar-refractivity contribution in [3.05, 3.63) is 53.4 Å². The van der Waals surface area contributed by atoms with Crippen LogP contribution in [0.3, 0.4) is 0 Å². The molecular weight excluding hydrogens is 388 g/mol. The van der Waals surface area contributed by atoms with Gasteiger partial charge in [0.1, 0.15) is 36.4 Å². The fraction of sp³-hybridized carbons (Fsp3) is 0.333. The molecule has 0 unspecified atom stereocenters. The van der Waals surface area contributed by atoms with Gasteiger partial charge >= 0.3 is 0 Å². The van der Waals surface area contributed by atoms with E-state index in [1.54, 1.807) is 41.1 Å². The Hall–Kier alpha value is -2.27. The number of fused-ring (bicyclic) bond motifs is 1. The first kappa shape index (κ1) is 19.1. The lowest BCUT2D eigenvalue weighted by Gasteiger charge is -2.21. The molecule has 28 heavy (non-hydrogen) atoms. The highest BCUT2D eigenvalue weighted by atomic mass is 35.5. The summed E-state index contributed by atoms with van der Waals surface area (Å²) in [6.45, 7) is 0. The Morgan fingerprint density at radius 3 is 2.64 bits per heavy atom. The van der Waals surface area contributed by atoms with Gasteiger partial charge in [0, 0.05) is 11.2 Å². The molecule has 10 heteroatoms. The summed E-state index contributed by atoms with van der Waals surface area (Å²) in [6.07, 6.45) is -2.67. The second kappa shape index (κ2) is 7.63. The minimum absolute atomic E-state index is 0.456. The van der Waals surface area contributed by atoms with Crippen molar-refractivity contribution in [1.82, 2.24) is 14.5 Å². The molecule has 0 bridgehead atoms. The van der Waals surface area contributed by atoms with Crippen molar-refractivity contribution in [1.29, 1.82) is 0 Å². The molecule has 1 aliphatic heterocycles. The molecule has 2 aromatic heterocycles. The van der Waals surface area contributed by atoms with E-state index in [1.807, 2.05) is 0 Å². The van der Waals surface area contributed by atoms with Crippen molar-refractivity contribution < 1.29 is 24.9 Å². The standard InChI is InChI=1S/C18H19ClN4O5/c1-27-22-16-11-6-7-23(17(11)21-8-20-16)18-14(26)13(25)15(28-18)12(24)9-2-4-10(19)5-3-9/h2-8,12-15,18,24-26H,1H3,(H,20,21,22)/t12-,13+,14-,15-,18-/m1/s1. The highest BCUT2D eigenvalue weighted by Crippen LogP contribution is 2.38. The lowest BCUT2D eigenvalue weighted by Crippen LogP contribution is -2.34. The van der Waals surface area contributed by atoms with E-state index < -0.39 is 30.6 Å². The summed E-state index contributed by atoms with van der Waals surface area (Å²) >= 11 is 5.88. The van der Waals surface area contributed by atoms with Gasteiger partial charge in [0.25, 0.3) is 0 Å². The van der Waals surface area contributed by atoms with Gasteiger partial charge in [-0.05, 0) is 23.8 Å². The number of halogens is 1. The Kier molecular flexibility index (Phi) is 5.19. The molecule has 9 nitrogen and oxygen atoms in total. The number of aromatic nitrogens is 3. The van der Waals surface area contributed by atoms with Crippen LogP contribution >= 0.6 is 11.6 Å². The molecule has 0 radical (unpaired) electrons. The van der Waals surface area contributed by atoms with E-state index in [0.717, 1.165) is 0 Å². The van der Waals surface area contributed by atoms with Gasteiger partial charge in [0.05, 0.1) is 12.5 Å². The van der Waals surface area contributed by atoms with Gasteiger partial charge < -0.3 is 24.6 Å². The van der Waals surface area contributed by atoms with Crippen LogP contribution in [0, 0.1) is 0 Å². The Morgan fingerprint density at radius 2 is 1.93 bits per heavy atom. The van der Waals surface area contributed by atoms with Crippen LogP contribution in [0.1, 0.15) is 17.9 Å². The van der Waals surface area contributed by atoms with Crippen LogP contribution in [0.4, 0.5) is 5.82 Å². The Balaban J connectivity index is 1.64. The highest BCUT2D eigenvalue weighted by molar-refractivity contribution is 6.30. The molecule has 4 N–H and O–H groups in total. The molecular formula is C18H19ClN4O5. The van der Waals surface area contributed by atoms with Crippen molar-refractivity contribution in [3.8, 4) is 0 Å². The molecule has 0 spiro atoms. The van der Waals surface area contributed by atoms with Crippen molar-refractivity contribution in [2.75, 3.05) is 12.6 Å². The summed E-state index contributed by atoms with van der Waals surface area (Å²) in [5.74, 6) is 0.456. The topological polar surface area (TPSA) is 122 Å². The van der Waals surface area contributed by atoms with Gasteiger partial charge in [-0.2, -0.15) is 0 Å². The Morgan fingerprint density at radius 1 is 1.18 bits per heavy atom. The van der Waals surface area contributed by atoms with Crippen LogP contribution < -0.4 is 5.48 Å². The van der Waals surface area contributed by atoms with Crippen LogP contribution in [-0.2, 0) is 9.57 Å². The maximum absolute atomic E-state index is 10.6. The van der Waals surface area contributed by atoms with E-state index in [-0.39, 0.29) is 0 Å². The van der Waals surface area contributed by atoms with Gasteiger partial charge in [-0.1, -0.05) is 23.7 Å². The average Bonchev–Trinajstić information content (AvgIpc) is 3.25. The number of ether oxygens (including phenoxy) is 1. The number of anilines is 1. The van der Waals surface area contributed by atoms with E-state index in [0.29, 0.717) is 27.4 Å². The fourth-order valence-electron chi connectivity index (χ4n) is 3.38. The third kappa shape index (κ3) is 3.22. The van der Waals surface area contributed by atoms with Gasteiger partial charge in [-0.15, -0.1) is 0 Å². The first-order valence-corrected chi connectivity index (χ1v) is 8.94. The molecule has 0 aliphatic carbocycles. The number of rotatable bonds is 5. The maximum Gasteiger partial charge on any atom is 0.164 e. The van der Waals surface area contributed by atoms with Gasteiger partial charge in [-0.25, -0.2) is 15.4 Å². The van der Waals surface area contributed by atoms with Crippen molar-refractivity contribution >= 4 is 28.5 Å². The molecule has 1 saturated heterocycles. The molecule has 0 amide bonds. The molecule has 1 fully saturated rings. The average molecular weight is 407 g/mol. The molecule has 4 rings (SSSR count). The monoisotopic (exact) mass is 406 g/mol. The van der Waals surface area contributed by atoms with E-state index >= 15 is 0 Å². The fourth-order valence-corrected chi connectivity index (χ4v) is 3.51. The second-order valence-corrected chi connectivity index (χ2v) is 6.89. The number of aliphatic hydroxyl groups excluding tert-OH is 3. The zero-order valence-electron chi connectivity index (χ0n) is 14.8. The summed E-state index contributed by atoms with van der Waals surface area (Å²) in [7, 11) is 1.47. The van der Waals surface area contributed by atoms with Crippen LogP contribution in [0.2, 0.25) is 5.02 Å². The lowest BCUT2D eigenvalue weighted by molar-refractivity contribution is -0.0848. The lowest BCUT2D eigenvalue weighted by atomic mass is 9.99. The number of aliphatic hydroxyl groups is 3. The van der Waals surface area contributed by atoms with Crippen LogP contribution in [0.15, 0.2) is 42.9 Å². The normalized spacial score (nSPS) is 25.9. The zero-order valence-corrected chi connectivity index (χ0v) is 15.6. The second-order valence-electron chi connectivity index (χ2n) is 6.46. The summed E-state index contributed by atoms with van der Waals surface area (Å²) in [5, 5.41) is 32.9. The number of nitrogens with zero attached hydrogens (tertiary/aromatic N) is 3. The Bertz CT molecular complexity index is 966. The number of benzene rings is 1. The molecule has 1 aliphatic rings. The van der Waals surface area contributed by atoms with Crippen LogP contribution in [0.25, 0.3) is 11.0 Å². The molecule has 0 saturated carbocycles. The molecule has 148 valence electrons. The maximum atomic E-state index is 10.6. The quantitative estimate of drug-likeness (QED) is 0.469. The van der Waals surface area contributed by atoms with Crippen molar-refractivity contribution in [3.63, 3.8) is 0 Å². The van der Waals surface area contributed by atoms with E-state index in [2.05, 4.69) is 15.4 Å². The third-order valence-electron chi connectivity index (χ3n) is 4.78. The molecule has 3 aromatic rings. The summed E-state index contributed by atoms with van der Waals surface area (Å²) in [4.78, 5) is 13.2. The van der Waals surface area contributed by atoms with Crippen LogP contribution in [-0.4, -0.2) is 55.3 Å². The third-order valence-corrected chi connectivity index (χ3v) is 5.03.